The van der Waals surface area contributed by atoms with Crippen molar-refractivity contribution in [2.75, 3.05) is 18.5 Å². The van der Waals surface area contributed by atoms with E-state index < -0.39 is 5.25 Å². The van der Waals surface area contributed by atoms with E-state index in [0.717, 1.165) is 12.2 Å². The third-order valence-corrected chi connectivity index (χ3v) is 5.83. The maximum Gasteiger partial charge on any atom is 0.238 e. The Hall–Kier alpha value is -2.51. The van der Waals surface area contributed by atoms with Crippen LogP contribution in [0.1, 0.15) is 26.7 Å². The Labute approximate surface area is 185 Å². The third-order valence-electron chi connectivity index (χ3n) is 4.39. The fourth-order valence-corrected chi connectivity index (χ4v) is 4.14. The fraction of sp³-hybridized carbons (Fsp3) is 0.318. The van der Waals surface area contributed by atoms with E-state index in [0.29, 0.717) is 34.7 Å². The monoisotopic (exact) mass is 445 g/mol. The van der Waals surface area contributed by atoms with Gasteiger partial charge in [0.25, 0.3) is 0 Å². The molecule has 1 atom stereocenters. The van der Waals surface area contributed by atoms with Crippen molar-refractivity contribution in [3.8, 4) is 5.75 Å². The van der Waals surface area contributed by atoms with Gasteiger partial charge in [0.2, 0.25) is 11.8 Å². The fourth-order valence-electron chi connectivity index (χ4n) is 2.86. The lowest BCUT2D eigenvalue weighted by Gasteiger charge is -2.30. The van der Waals surface area contributed by atoms with Crippen LogP contribution in [0.25, 0.3) is 0 Å². The lowest BCUT2D eigenvalue weighted by atomic mass is 10.2. The van der Waals surface area contributed by atoms with Gasteiger partial charge in [-0.15, -0.1) is 0 Å². The van der Waals surface area contributed by atoms with Crippen LogP contribution in [0, 0.1) is 0 Å². The number of aliphatic imine (C=N–C) groups is 1. The quantitative estimate of drug-likeness (QED) is 0.642. The minimum absolute atomic E-state index is 0.118. The number of hydrogen-bond donors (Lipinski definition) is 1. The number of anilines is 1. The molecule has 0 bridgehead atoms. The molecule has 1 saturated heterocycles. The first-order valence-electron chi connectivity index (χ1n) is 9.85. The maximum atomic E-state index is 12.8. The Balaban J connectivity index is 1.71. The van der Waals surface area contributed by atoms with Gasteiger partial charge in [-0.05, 0) is 61.9 Å². The SMILES string of the molecule is CCCOc1ccc(NC(=O)C2CC(=O)N(CC)C(=Nc3ccc(Cl)cc3)S2)cc1. The molecule has 2 aromatic carbocycles. The molecule has 0 aliphatic carbocycles. The second-order valence-corrected chi connectivity index (χ2v) is 8.29. The average molecular weight is 446 g/mol. The van der Waals surface area contributed by atoms with Gasteiger partial charge in [-0.2, -0.15) is 0 Å². The van der Waals surface area contributed by atoms with Crippen molar-refractivity contribution in [2.45, 2.75) is 31.9 Å². The van der Waals surface area contributed by atoms with E-state index in [1.807, 2.05) is 26.0 Å². The molecular formula is C22H24ClN3O3S. The second kappa shape index (κ2) is 10.5. The number of rotatable bonds is 7. The van der Waals surface area contributed by atoms with Crippen LogP contribution in [0.5, 0.6) is 5.75 Å². The number of ether oxygens (including phenoxy) is 1. The van der Waals surface area contributed by atoms with Crippen LogP contribution in [-0.4, -0.2) is 40.3 Å². The number of nitrogens with zero attached hydrogens (tertiary/aromatic N) is 2. The van der Waals surface area contributed by atoms with Gasteiger partial charge in [-0.25, -0.2) is 4.99 Å². The molecule has 1 heterocycles. The smallest absolute Gasteiger partial charge is 0.238 e. The molecule has 2 aromatic rings. The van der Waals surface area contributed by atoms with Crippen molar-refractivity contribution >= 4 is 51.7 Å². The Morgan fingerprint density at radius 2 is 1.90 bits per heavy atom. The lowest BCUT2D eigenvalue weighted by Crippen LogP contribution is -2.45. The standard InChI is InChI=1S/C22H24ClN3O3S/c1-3-13-29-18-11-9-16(10-12-18)24-21(28)19-14-20(27)26(4-2)22(30-19)25-17-7-5-15(23)6-8-17/h5-12,19H,3-4,13-14H2,1-2H3,(H,24,28). The maximum absolute atomic E-state index is 12.8. The van der Waals surface area contributed by atoms with Gasteiger partial charge in [0.05, 0.1) is 12.3 Å². The summed E-state index contributed by atoms with van der Waals surface area (Å²) in [6, 6.07) is 14.3. The summed E-state index contributed by atoms with van der Waals surface area (Å²) in [5.74, 6) is 0.413. The van der Waals surface area contributed by atoms with Gasteiger partial charge >= 0.3 is 0 Å². The van der Waals surface area contributed by atoms with Gasteiger partial charge in [0, 0.05) is 23.7 Å². The van der Waals surface area contributed by atoms with E-state index in [4.69, 9.17) is 16.3 Å². The highest BCUT2D eigenvalue weighted by molar-refractivity contribution is 8.15. The first-order valence-corrected chi connectivity index (χ1v) is 11.1. The van der Waals surface area contributed by atoms with Crippen LogP contribution in [0.2, 0.25) is 5.02 Å². The lowest BCUT2D eigenvalue weighted by molar-refractivity contribution is -0.129. The molecule has 30 heavy (non-hydrogen) atoms. The number of thioether (sulfide) groups is 1. The molecule has 0 radical (unpaired) electrons. The second-order valence-electron chi connectivity index (χ2n) is 6.68. The summed E-state index contributed by atoms with van der Waals surface area (Å²) in [4.78, 5) is 31.6. The van der Waals surface area contributed by atoms with Crippen LogP contribution < -0.4 is 10.1 Å². The number of benzene rings is 2. The van der Waals surface area contributed by atoms with E-state index >= 15 is 0 Å². The molecule has 6 nitrogen and oxygen atoms in total. The zero-order valence-corrected chi connectivity index (χ0v) is 18.5. The summed E-state index contributed by atoms with van der Waals surface area (Å²) in [5, 5.41) is 3.45. The molecule has 1 N–H and O–H groups in total. The molecule has 1 aliphatic rings. The number of halogens is 1. The zero-order valence-electron chi connectivity index (χ0n) is 16.9. The molecular weight excluding hydrogens is 422 g/mol. The highest BCUT2D eigenvalue weighted by atomic mass is 35.5. The Bertz CT molecular complexity index is 916. The van der Waals surface area contributed by atoms with Gasteiger partial charge in [-0.3, -0.25) is 14.5 Å². The van der Waals surface area contributed by atoms with E-state index in [1.54, 1.807) is 41.3 Å². The normalized spacial score (nSPS) is 17.8. The highest BCUT2D eigenvalue weighted by Gasteiger charge is 2.35. The topological polar surface area (TPSA) is 71.0 Å². The van der Waals surface area contributed by atoms with Crippen LogP contribution >= 0.6 is 23.4 Å². The van der Waals surface area contributed by atoms with Crippen molar-refractivity contribution in [1.29, 1.82) is 0 Å². The number of amidine groups is 1. The van der Waals surface area contributed by atoms with Gasteiger partial charge in [-0.1, -0.05) is 30.3 Å². The summed E-state index contributed by atoms with van der Waals surface area (Å²) in [6.07, 6.45) is 1.06. The molecule has 8 heteroatoms. The Morgan fingerprint density at radius 1 is 1.20 bits per heavy atom. The molecule has 0 aromatic heterocycles. The van der Waals surface area contributed by atoms with Crippen molar-refractivity contribution in [1.82, 2.24) is 4.90 Å². The van der Waals surface area contributed by atoms with Gasteiger partial charge in [0.15, 0.2) is 5.17 Å². The van der Waals surface area contributed by atoms with E-state index in [9.17, 15) is 9.59 Å². The summed E-state index contributed by atoms with van der Waals surface area (Å²) in [7, 11) is 0. The first-order chi connectivity index (χ1) is 14.5. The first kappa shape index (κ1) is 22.2. The predicted octanol–water partition coefficient (Wildman–Crippen LogP) is 5.11. The molecule has 1 unspecified atom stereocenters. The van der Waals surface area contributed by atoms with Crippen molar-refractivity contribution in [3.63, 3.8) is 0 Å². The summed E-state index contributed by atoms with van der Waals surface area (Å²) in [6.45, 7) is 5.07. The van der Waals surface area contributed by atoms with Crippen LogP contribution in [0.3, 0.4) is 0 Å². The summed E-state index contributed by atoms with van der Waals surface area (Å²) < 4.78 is 5.56. The zero-order chi connectivity index (χ0) is 21.5. The van der Waals surface area contributed by atoms with Crippen LogP contribution in [0.4, 0.5) is 11.4 Å². The minimum Gasteiger partial charge on any atom is -0.494 e. The average Bonchev–Trinajstić information content (AvgIpc) is 2.74. The molecule has 1 fully saturated rings. The number of hydrogen-bond acceptors (Lipinski definition) is 5. The molecule has 3 rings (SSSR count). The van der Waals surface area contributed by atoms with E-state index in [2.05, 4.69) is 10.3 Å². The van der Waals surface area contributed by atoms with Crippen molar-refractivity contribution in [2.24, 2.45) is 4.99 Å². The van der Waals surface area contributed by atoms with Gasteiger partial charge in [0.1, 0.15) is 11.0 Å². The molecule has 1 aliphatic heterocycles. The largest absolute Gasteiger partial charge is 0.494 e. The Kier molecular flexibility index (Phi) is 7.76. The van der Waals surface area contributed by atoms with Crippen molar-refractivity contribution < 1.29 is 14.3 Å². The number of nitrogens with one attached hydrogen (secondary N) is 1. The van der Waals surface area contributed by atoms with E-state index in [-0.39, 0.29) is 18.2 Å². The van der Waals surface area contributed by atoms with Crippen LogP contribution in [0.15, 0.2) is 53.5 Å². The summed E-state index contributed by atoms with van der Waals surface area (Å²) >= 11 is 7.22. The molecule has 0 spiro atoms. The van der Waals surface area contributed by atoms with Crippen LogP contribution in [-0.2, 0) is 9.59 Å². The van der Waals surface area contributed by atoms with E-state index in [1.165, 1.54) is 11.8 Å². The highest BCUT2D eigenvalue weighted by Crippen LogP contribution is 2.30. The molecule has 2 amide bonds. The molecule has 158 valence electrons. The van der Waals surface area contributed by atoms with Crippen molar-refractivity contribution in [3.05, 3.63) is 53.6 Å². The predicted molar refractivity (Wildman–Crippen MR) is 123 cm³/mol. The number of carbonyl (C=O) groups excluding carboxylic acids is 2. The molecule has 0 saturated carbocycles. The third kappa shape index (κ3) is 5.77. The summed E-state index contributed by atoms with van der Waals surface area (Å²) in [5.41, 5.74) is 1.34. The number of amides is 2. The Morgan fingerprint density at radius 3 is 2.53 bits per heavy atom. The minimum atomic E-state index is -0.553. The van der Waals surface area contributed by atoms with Gasteiger partial charge < -0.3 is 10.1 Å². The number of carbonyl (C=O) groups is 2.